The molecule has 18 heavy (non-hydrogen) atoms. The molecule has 0 aliphatic heterocycles. The molecule has 0 aliphatic carbocycles. The zero-order chi connectivity index (χ0) is 13.4. The van der Waals surface area contributed by atoms with Crippen molar-refractivity contribution in [3.8, 4) is 0 Å². The summed E-state index contributed by atoms with van der Waals surface area (Å²) in [6, 6.07) is 7.96. The third kappa shape index (κ3) is 4.69. The molecule has 0 saturated heterocycles. The second kappa shape index (κ2) is 8.14. The maximum atomic E-state index is 12.0. The minimum absolute atomic E-state index is 0.0226. The van der Waals surface area contributed by atoms with Crippen LogP contribution in [-0.4, -0.2) is 24.0 Å². The highest BCUT2D eigenvalue weighted by atomic mass is 79.9. The number of carbonyl (C=O) groups is 1. The van der Waals surface area contributed by atoms with Crippen LogP contribution < -0.4 is 5.32 Å². The van der Waals surface area contributed by atoms with E-state index < -0.39 is 0 Å². The molecule has 0 bridgehead atoms. The molecule has 0 aromatic heterocycles. The Labute approximate surface area is 118 Å². The maximum absolute atomic E-state index is 12.0. The minimum Gasteiger partial charge on any atom is -0.334 e. The number of nitrogens with zero attached hydrogens (tertiary/aromatic N) is 1. The smallest absolute Gasteiger partial charge is 0.317 e. The molecule has 1 N–H and O–H groups in total. The Balaban J connectivity index is 2.51. The number of amides is 2. The van der Waals surface area contributed by atoms with Crippen molar-refractivity contribution in [2.24, 2.45) is 0 Å². The summed E-state index contributed by atoms with van der Waals surface area (Å²) in [4.78, 5) is 13.9. The maximum Gasteiger partial charge on any atom is 0.317 e. The average Bonchev–Trinajstić information content (AvgIpc) is 2.37. The highest BCUT2D eigenvalue weighted by Crippen LogP contribution is 2.15. The van der Waals surface area contributed by atoms with Crippen LogP contribution in [0, 0.1) is 0 Å². The van der Waals surface area contributed by atoms with Gasteiger partial charge in [0.2, 0.25) is 0 Å². The zero-order valence-corrected chi connectivity index (χ0v) is 12.7. The van der Waals surface area contributed by atoms with Crippen LogP contribution in [0.15, 0.2) is 28.7 Å². The van der Waals surface area contributed by atoms with Gasteiger partial charge < -0.3 is 10.2 Å². The number of hydrogen-bond donors (Lipinski definition) is 1. The van der Waals surface area contributed by atoms with Crippen LogP contribution in [0.3, 0.4) is 0 Å². The molecule has 100 valence electrons. The van der Waals surface area contributed by atoms with E-state index in [1.54, 1.807) is 0 Å². The van der Waals surface area contributed by atoms with Crippen molar-refractivity contribution in [2.75, 3.05) is 13.1 Å². The van der Waals surface area contributed by atoms with Crippen LogP contribution in [0.1, 0.15) is 32.3 Å². The van der Waals surface area contributed by atoms with Crippen molar-refractivity contribution in [1.82, 2.24) is 10.2 Å². The Bertz CT molecular complexity index is 376. The van der Waals surface area contributed by atoms with E-state index in [4.69, 9.17) is 0 Å². The fourth-order valence-electron chi connectivity index (χ4n) is 1.78. The van der Waals surface area contributed by atoms with Gasteiger partial charge in [-0.1, -0.05) is 48.0 Å². The number of nitrogens with one attached hydrogen (secondary N) is 1. The number of hydrogen-bond acceptors (Lipinski definition) is 1. The molecular formula is C14H21BrN2O. The van der Waals surface area contributed by atoms with E-state index in [1.165, 1.54) is 0 Å². The molecular weight excluding hydrogens is 292 g/mol. The summed E-state index contributed by atoms with van der Waals surface area (Å²) in [5.41, 5.74) is 1.10. The van der Waals surface area contributed by atoms with Gasteiger partial charge in [-0.15, -0.1) is 0 Å². The van der Waals surface area contributed by atoms with Gasteiger partial charge in [0, 0.05) is 24.1 Å². The fraction of sp³-hybridized carbons (Fsp3) is 0.500. The summed E-state index contributed by atoms with van der Waals surface area (Å²) in [6.45, 7) is 6.36. The fourth-order valence-corrected chi connectivity index (χ4v) is 2.20. The third-order valence-electron chi connectivity index (χ3n) is 2.66. The van der Waals surface area contributed by atoms with E-state index in [2.05, 4.69) is 35.1 Å². The molecule has 0 fully saturated rings. The van der Waals surface area contributed by atoms with E-state index in [9.17, 15) is 4.79 Å². The second-order valence-corrected chi connectivity index (χ2v) is 5.09. The number of rotatable bonds is 6. The van der Waals surface area contributed by atoms with Gasteiger partial charge in [-0.25, -0.2) is 4.79 Å². The van der Waals surface area contributed by atoms with Crippen LogP contribution in [0.4, 0.5) is 4.79 Å². The van der Waals surface area contributed by atoms with Gasteiger partial charge in [-0.2, -0.15) is 0 Å². The summed E-state index contributed by atoms with van der Waals surface area (Å²) < 4.78 is 1.03. The molecule has 2 amide bonds. The van der Waals surface area contributed by atoms with E-state index >= 15 is 0 Å². The van der Waals surface area contributed by atoms with Gasteiger partial charge >= 0.3 is 6.03 Å². The highest BCUT2D eigenvalue weighted by Gasteiger charge is 2.11. The molecule has 0 aliphatic rings. The van der Waals surface area contributed by atoms with Crippen molar-refractivity contribution in [1.29, 1.82) is 0 Å². The first-order valence-electron chi connectivity index (χ1n) is 6.45. The van der Waals surface area contributed by atoms with Gasteiger partial charge in [0.1, 0.15) is 0 Å². The normalized spacial score (nSPS) is 10.2. The largest absolute Gasteiger partial charge is 0.334 e. The van der Waals surface area contributed by atoms with Crippen molar-refractivity contribution in [3.05, 3.63) is 34.3 Å². The van der Waals surface area contributed by atoms with E-state index in [1.807, 2.05) is 29.2 Å². The van der Waals surface area contributed by atoms with E-state index in [-0.39, 0.29) is 6.03 Å². The highest BCUT2D eigenvalue weighted by molar-refractivity contribution is 9.10. The van der Waals surface area contributed by atoms with E-state index in [0.29, 0.717) is 6.54 Å². The molecule has 1 aromatic rings. The molecule has 0 saturated carbocycles. The standard InChI is InChI=1S/C14H21BrN2O/c1-3-9-17(10-4-2)14(18)16-11-12-7-5-6-8-13(12)15/h5-8H,3-4,9-11H2,1-2H3,(H,16,18). The SMILES string of the molecule is CCCN(CCC)C(=O)NCc1ccccc1Br. The van der Waals surface area contributed by atoms with Gasteiger partial charge in [-0.3, -0.25) is 0 Å². The molecule has 4 heteroatoms. The van der Waals surface area contributed by atoms with E-state index in [0.717, 1.165) is 36.0 Å². The topological polar surface area (TPSA) is 32.3 Å². The summed E-state index contributed by atoms with van der Waals surface area (Å²) >= 11 is 3.48. The molecule has 0 unspecified atom stereocenters. The third-order valence-corrected chi connectivity index (χ3v) is 3.44. The van der Waals surface area contributed by atoms with Crippen LogP contribution >= 0.6 is 15.9 Å². The van der Waals surface area contributed by atoms with Crippen molar-refractivity contribution in [2.45, 2.75) is 33.2 Å². The molecule has 1 rings (SSSR count). The minimum atomic E-state index is 0.0226. The molecule has 0 spiro atoms. The second-order valence-electron chi connectivity index (χ2n) is 4.24. The van der Waals surface area contributed by atoms with Crippen molar-refractivity contribution in [3.63, 3.8) is 0 Å². The molecule has 0 atom stereocenters. The quantitative estimate of drug-likeness (QED) is 0.851. The Morgan fingerprint density at radius 1 is 1.22 bits per heavy atom. The lowest BCUT2D eigenvalue weighted by atomic mass is 10.2. The van der Waals surface area contributed by atoms with Crippen LogP contribution in [0.5, 0.6) is 0 Å². The van der Waals surface area contributed by atoms with Gasteiger partial charge in [0.15, 0.2) is 0 Å². The van der Waals surface area contributed by atoms with Crippen molar-refractivity contribution >= 4 is 22.0 Å². The first kappa shape index (κ1) is 15.0. The lowest BCUT2D eigenvalue weighted by Gasteiger charge is -2.22. The summed E-state index contributed by atoms with van der Waals surface area (Å²) in [6.07, 6.45) is 1.98. The number of halogens is 1. The molecule has 3 nitrogen and oxygen atoms in total. The van der Waals surface area contributed by atoms with Crippen molar-refractivity contribution < 1.29 is 4.79 Å². The summed E-state index contributed by atoms with van der Waals surface area (Å²) in [5.74, 6) is 0. The average molecular weight is 313 g/mol. The monoisotopic (exact) mass is 312 g/mol. The van der Waals surface area contributed by atoms with Crippen LogP contribution in [-0.2, 0) is 6.54 Å². The van der Waals surface area contributed by atoms with Gasteiger partial charge in [0.25, 0.3) is 0 Å². The van der Waals surface area contributed by atoms with Gasteiger partial charge in [-0.05, 0) is 24.5 Å². The van der Waals surface area contributed by atoms with Crippen LogP contribution in [0.2, 0.25) is 0 Å². The summed E-state index contributed by atoms with van der Waals surface area (Å²) in [7, 11) is 0. The predicted molar refractivity (Wildman–Crippen MR) is 78.5 cm³/mol. The molecule has 1 aromatic carbocycles. The Hall–Kier alpha value is -1.03. The first-order chi connectivity index (χ1) is 8.69. The van der Waals surface area contributed by atoms with Gasteiger partial charge in [0.05, 0.1) is 0 Å². The Morgan fingerprint density at radius 2 is 1.83 bits per heavy atom. The predicted octanol–water partition coefficient (Wildman–Crippen LogP) is 3.78. The number of carbonyl (C=O) groups excluding carboxylic acids is 1. The Kier molecular flexibility index (Phi) is 6.80. The molecule has 0 heterocycles. The lowest BCUT2D eigenvalue weighted by Crippen LogP contribution is -2.40. The first-order valence-corrected chi connectivity index (χ1v) is 7.24. The Morgan fingerprint density at radius 3 is 2.39 bits per heavy atom. The number of urea groups is 1. The lowest BCUT2D eigenvalue weighted by molar-refractivity contribution is 0.197. The van der Waals surface area contributed by atoms with Crippen LogP contribution in [0.25, 0.3) is 0 Å². The number of benzene rings is 1. The molecule has 0 radical (unpaired) electrons. The zero-order valence-electron chi connectivity index (χ0n) is 11.1. The summed E-state index contributed by atoms with van der Waals surface area (Å²) in [5, 5.41) is 2.97.